The maximum absolute atomic E-state index is 11.5. The molecule has 0 aromatic heterocycles. The van der Waals surface area contributed by atoms with E-state index in [9.17, 15) is 9.90 Å². The van der Waals surface area contributed by atoms with Gasteiger partial charge in [-0.05, 0) is 42.8 Å². The summed E-state index contributed by atoms with van der Waals surface area (Å²) in [6.45, 7) is 4.88. The summed E-state index contributed by atoms with van der Waals surface area (Å²) in [5.41, 5.74) is 1.10. The number of hydrogen-bond donors (Lipinski definition) is 3. The van der Waals surface area contributed by atoms with E-state index in [4.69, 9.17) is 17.0 Å². The van der Waals surface area contributed by atoms with E-state index in [1.165, 1.54) is 0 Å². The lowest BCUT2D eigenvalue weighted by Crippen LogP contribution is -2.54. The molecular formula is C16H23N3O3S. The van der Waals surface area contributed by atoms with Gasteiger partial charge >= 0.3 is 6.09 Å². The van der Waals surface area contributed by atoms with Crippen LogP contribution in [0.4, 0.5) is 4.79 Å². The number of thiocarbonyl (C=S) groups is 1. The molecule has 23 heavy (non-hydrogen) atoms. The Bertz CT molecular complexity index is 536. The highest BCUT2D eigenvalue weighted by Crippen LogP contribution is 2.16. The molecule has 0 spiro atoms. The lowest BCUT2D eigenvalue weighted by atomic mass is 10.0. The number of hydrogen-bond acceptors (Lipinski definition) is 4. The molecule has 1 aromatic carbocycles. The molecule has 1 fully saturated rings. The highest BCUT2D eigenvalue weighted by atomic mass is 32.1. The fraction of sp³-hybridized carbons (Fsp3) is 0.500. The molecule has 1 heterocycles. The molecule has 0 saturated carbocycles. The van der Waals surface area contributed by atoms with Crippen molar-refractivity contribution >= 4 is 23.5 Å². The van der Waals surface area contributed by atoms with Gasteiger partial charge in [0.15, 0.2) is 0 Å². The van der Waals surface area contributed by atoms with Crippen LogP contribution in [0.15, 0.2) is 24.3 Å². The van der Waals surface area contributed by atoms with E-state index in [0.717, 1.165) is 31.5 Å². The van der Waals surface area contributed by atoms with E-state index in [-0.39, 0.29) is 11.2 Å². The predicted octanol–water partition coefficient (Wildman–Crippen LogP) is 1.84. The molecule has 7 heteroatoms. The van der Waals surface area contributed by atoms with Gasteiger partial charge in [-0.1, -0.05) is 19.1 Å². The Morgan fingerprint density at radius 2 is 2.22 bits per heavy atom. The van der Waals surface area contributed by atoms with Gasteiger partial charge in [0.25, 0.3) is 5.17 Å². The quantitative estimate of drug-likeness (QED) is 0.712. The van der Waals surface area contributed by atoms with Gasteiger partial charge in [0.05, 0.1) is 0 Å². The first-order valence-corrected chi connectivity index (χ1v) is 8.26. The van der Waals surface area contributed by atoms with Crippen molar-refractivity contribution < 1.29 is 14.6 Å². The average molecular weight is 337 g/mol. The molecular weight excluding hydrogens is 314 g/mol. The van der Waals surface area contributed by atoms with Crippen molar-refractivity contribution in [3.8, 4) is 5.75 Å². The number of aliphatic hydroxyl groups is 1. The van der Waals surface area contributed by atoms with Crippen LogP contribution in [0.5, 0.6) is 5.75 Å². The highest BCUT2D eigenvalue weighted by molar-refractivity contribution is 7.79. The Hall–Kier alpha value is -1.86. The number of benzene rings is 1. The maximum Gasteiger partial charge on any atom is 0.412 e. The predicted molar refractivity (Wildman–Crippen MR) is 93.1 cm³/mol. The van der Waals surface area contributed by atoms with Crippen molar-refractivity contribution in [1.29, 1.82) is 0 Å². The zero-order chi connectivity index (χ0) is 16.7. The molecule has 6 nitrogen and oxygen atoms in total. The number of amides is 1. The number of rotatable bonds is 5. The second-order valence-corrected chi connectivity index (χ2v) is 5.86. The largest absolute Gasteiger partial charge is 0.486 e. The molecule has 2 rings (SSSR count). The van der Waals surface area contributed by atoms with E-state index in [1.807, 2.05) is 24.0 Å². The van der Waals surface area contributed by atoms with Crippen LogP contribution in [0.1, 0.15) is 18.9 Å². The van der Waals surface area contributed by atoms with Crippen molar-refractivity contribution in [2.75, 3.05) is 26.2 Å². The number of carbonyl (C=O) groups excluding carboxylic acids is 1. The van der Waals surface area contributed by atoms with E-state index >= 15 is 0 Å². The Morgan fingerprint density at radius 1 is 1.48 bits per heavy atom. The van der Waals surface area contributed by atoms with Gasteiger partial charge in [-0.3, -0.25) is 0 Å². The molecule has 3 N–H and O–H groups in total. The Morgan fingerprint density at radius 3 is 2.87 bits per heavy atom. The van der Waals surface area contributed by atoms with Crippen LogP contribution in [0, 0.1) is 0 Å². The smallest absolute Gasteiger partial charge is 0.412 e. The SMILES string of the molecule is CCCNC(=O)Oc1ccc(CC2CNCCN2C(O)=S)cc1. The first-order chi connectivity index (χ1) is 11.1. The minimum Gasteiger partial charge on any atom is -0.486 e. The van der Waals surface area contributed by atoms with E-state index in [1.54, 1.807) is 12.1 Å². The van der Waals surface area contributed by atoms with Crippen molar-refractivity contribution in [3.63, 3.8) is 0 Å². The van der Waals surface area contributed by atoms with Crippen LogP contribution in [-0.2, 0) is 6.42 Å². The minimum atomic E-state index is -0.437. The van der Waals surface area contributed by atoms with Crippen LogP contribution in [0.25, 0.3) is 0 Å². The van der Waals surface area contributed by atoms with E-state index < -0.39 is 6.09 Å². The molecule has 0 aliphatic carbocycles. The zero-order valence-corrected chi connectivity index (χ0v) is 14.1. The van der Waals surface area contributed by atoms with Crippen LogP contribution >= 0.6 is 12.2 Å². The van der Waals surface area contributed by atoms with E-state index in [2.05, 4.69) is 10.6 Å². The maximum atomic E-state index is 11.5. The average Bonchev–Trinajstić information content (AvgIpc) is 2.55. The summed E-state index contributed by atoms with van der Waals surface area (Å²) in [5, 5.41) is 15.5. The van der Waals surface area contributed by atoms with Crippen molar-refractivity contribution in [2.45, 2.75) is 25.8 Å². The number of ether oxygens (including phenoxy) is 1. The van der Waals surface area contributed by atoms with Gasteiger partial charge in [-0.2, -0.15) is 0 Å². The van der Waals surface area contributed by atoms with Gasteiger partial charge in [0.1, 0.15) is 5.75 Å². The summed E-state index contributed by atoms with van der Waals surface area (Å²) >= 11 is 4.90. The molecule has 1 aliphatic heterocycles. The highest BCUT2D eigenvalue weighted by Gasteiger charge is 2.24. The minimum absolute atomic E-state index is 0.0518. The number of nitrogens with zero attached hydrogens (tertiary/aromatic N) is 1. The summed E-state index contributed by atoms with van der Waals surface area (Å²) in [6, 6.07) is 7.53. The monoisotopic (exact) mass is 337 g/mol. The lowest BCUT2D eigenvalue weighted by molar-refractivity contribution is 0.200. The summed E-state index contributed by atoms with van der Waals surface area (Å²) in [5.74, 6) is 0.513. The first-order valence-electron chi connectivity index (χ1n) is 7.85. The first kappa shape index (κ1) is 17.5. The van der Waals surface area contributed by atoms with Gasteiger partial charge in [0.2, 0.25) is 0 Å². The molecule has 1 saturated heterocycles. The normalized spacial score (nSPS) is 17.6. The van der Waals surface area contributed by atoms with Crippen LogP contribution in [0.2, 0.25) is 0 Å². The van der Waals surface area contributed by atoms with Gasteiger partial charge in [-0.15, -0.1) is 0 Å². The van der Waals surface area contributed by atoms with Crippen molar-refractivity contribution in [2.24, 2.45) is 0 Å². The third-order valence-corrected chi connectivity index (χ3v) is 3.95. The van der Waals surface area contributed by atoms with E-state index in [0.29, 0.717) is 18.8 Å². The molecule has 1 aromatic rings. The molecule has 1 amide bonds. The van der Waals surface area contributed by atoms with Crippen molar-refractivity contribution in [1.82, 2.24) is 15.5 Å². The van der Waals surface area contributed by atoms with Crippen LogP contribution in [0.3, 0.4) is 0 Å². The molecule has 1 aliphatic rings. The lowest BCUT2D eigenvalue weighted by Gasteiger charge is -2.35. The second kappa shape index (κ2) is 8.69. The fourth-order valence-corrected chi connectivity index (χ4v) is 2.77. The molecule has 0 bridgehead atoms. The molecule has 0 radical (unpaired) electrons. The van der Waals surface area contributed by atoms with Crippen LogP contribution < -0.4 is 15.4 Å². The van der Waals surface area contributed by atoms with Gasteiger partial charge in [-0.25, -0.2) is 4.79 Å². The Labute approximate surface area is 141 Å². The summed E-state index contributed by atoms with van der Waals surface area (Å²) < 4.78 is 5.19. The number of carbonyl (C=O) groups is 1. The van der Waals surface area contributed by atoms with Gasteiger partial charge in [0, 0.05) is 32.2 Å². The van der Waals surface area contributed by atoms with Crippen LogP contribution in [-0.4, -0.2) is 53.5 Å². The topological polar surface area (TPSA) is 73.8 Å². The Kier molecular flexibility index (Phi) is 6.61. The van der Waals surface area contributed by atoms with Gasteiger partial charge < -0.3 is 25.4 Å². The third-order valence-electron chi connectivity index (χ3n) is 3.72. The Balaban J connectivity index is 1.91. The molecule has 1 unspecified atom stereocenters. The second-order valence-electron chi connectivity index (χ2n) is 5.50. The number of aliphatic hydroxyl groups excluding tert-OH is 1. The van der Waals surface area contributed by atoms with Crippen molar-refractivity contribution in [3.05, 3.63) is 29.8 Å². The number of piperazine rings is 1. The fourth-order valence-electron chi connectivity index (χ4n) is 2.53. The molecule has 1 atom stereocenters. The summed E-state index contributed by atoms with van der Waals surface area (Å²) in [7, 11) is 0. The summed E-state index contributed by atoms with van der Waals surface area (Å²) in [4.78, 5) is 13.3. The zero-order valence-electron chi connectivity index (χ0n) is 13.2. The third kappa shape index (κ3) is 5.37. The molecule has 126 valence electrons. The number of nitrogens with one attached hydrogen (secondary N) is 2. The standard InChI is InChI=1S/C16H23N3O3S/c1-2-7-18-15(20)22-14-5-3-12(4-6-14)10-13-11-17-8-9-19(13)16(21)23/h3-6,13,17H,2,7-11H2,1H3,(H,18,20)(H,21,23). The summed E-state index contributed by atoms with van der Waals surface area (Å²) in [6.07, 6.45) is 1.19.